The smallest absolute Gasteiger partial charge is 0.129 e. The molecule has 1 heterocycles. The zero-order valence-corrected chi connectivity index (χ0v) is 9.89. The molecule has 90 valence electrons. The minimum Gasteiger partial charge on any atom is -0.374 e. The normalized spacial score (nSPS) is 12.7. The van der Waals surface area contributed by atoms with Crippen LogP contribution in [0.5, 0.6) is 0 Å². The summed E-state index contributed by atoms with van der Waals surface area (Å²) in [5.41, 5.74) is 1.40. The number of imidazole rings is 1. The Kier molecular flexibility index (Phi) is 3.24. The highest BCUT2D eigenvalue weighted by Gasteiger charge is 2.11. The zero-order chi connectivity index (χ0) is 12.4. The van der Waals surface area contributed by atoms with E-state index in [1.54, 1.807) is 29.8 Å². The van der Waals surface area contributed by atoms with Gasteiger partial charge in [0, 0.05) is 18.2 Å². The molecule has 1 aromatic heterocycles. The van der Waals surface area contributed by atoms with Crippen LogP contribution >= 0.6 is 0 Å². The molecule has 0 aliphatic rings. The predicted molar refractivity (Wildman–Crippen MR) is 63.9 cm³/mol. The van der Waals surface area contributed by atoms with Crippen LogP contribution in [0.3, 0.4) is 0 Å². The molecule has 17 heavy (non-hydrogen) atoms. The second-order valence-electron chi connectivity index (χ2n) is 3.95. The Morgan fingerprint density at radius 2 is 2.24 bits per heavy atom. The molecular formula is C13H15FN2O. The molecule has 1 aromatic carbocycles. The molecule has 2 rings (SSSR count). The molecule has 0 saturated heterocycles. The van der Waals surface area contributed by atoms with E-state index in [0.717, 1.165) is 17.8 Å². The summed E-state index contributed by atoms with van der Waals surface area (Å²) in [6.07, 6.45) is 1.85. The molecule has 0 fully saturated rings. The fourth-order valence-electron chi connectivity index (χ4n) is 1.80. The lowest BCUT2D eigenvalue weighted by Gasteiger charge is -2.07. The maximum atomic E-state index is 13.1. The molecule has 1 unspecified atom stereocenters. The third-order valence-corrected chi connectivity index (χ3v) is 2.65. The van der Waals surface area contributed by atoms with Crippen molar-refractivity contribution in [2.45, 2.75) is 26.5 Å². The first-order valence-corrected chi connectivity index (χ1v) is 5.63. The number of aliphatic hydroxyl groups is 1. The van der Waals surface area contributed by atoms with Crippen LogP contribution in [-0.4, -0.2) is 14.7 Å². The van der Waals surface area contributed by atoms with Gasteiger partial charge in [-0.05, 0) is 19.1 Å². The van der Waals surface area contributed by atoms with E-state index in [2.05, 4.69) is 4.98 Å². The van der Waals surface area contributed by atoms with Crippen molar-refractivity contribution >= 4 is 0 Å². The van der Waals surface area contributed by atoms with Gasteiger partial charge in [0.25, 0.3) is 0 Å². The molecule has 3 nitrogen and oxygen atoms in total. The summed E-state index contributed by atoms with van der Waals surface area (Å²) in [7, 11) is 0. The van der Waals surface area contributed by atoms with E-state index in [0.29, 0.717) is 5.69 Å². The maximum Gasteiger partial charge on any atom is 0.129 e. The summed E-state index contributed by atoms with van der Waals surface area (Å²) in [6, 6.07) is 6.29. The SMILES string of the molecule is CCc1nc(-c2cccc(F)c2)cn1C(C)O. The quantitative estimate of drug-likeness (QED) is 0.886. The maximum absolute atomic E-state index is 13.1. The molecule has 0 aliphatic heterocycles. The second-order valence-corrected chi connectivity index (χ2v) is 3.95. The zero-order valence-electron chi connectivity index (χ0n) is 9.89. The Morgan fingerprint density at radius 1 is 1.47 bits per heavy atom. The lowest BCUT2D eigenvalue weighted by atomic mass is 10.2. The van der Waals surface area contributed by atoms with Crippen molar-refractivity contribution in [2.24, 2.45) is 0 Å². The van der Waals surface area contributed by atoms with Gasteiger partial charge in [-0.15, -0.1) is 0 Å². The lowest BCUT2D eigenvalue weighted by molar-refractivity contribution is 0.121. The topological polar surface area (TPSA) is 38.0 Å². The first kappa shape index (κ1) is 11.8. The van der Waals surface area contributed by atoms with Crippen LogP contribution in [0.1, 0.15) is 25.9 Å². The van der Waals surface area contributed by atoms with Gasteiger partial charge in [-0.1, -0.05) is 19.1 Å². The third-order valence-electron chi connectivity index (χ3n) is 2.65. The van der Waals surface area contributed by atoms with E-state index in [1.807, 2.05) is 6.92 Å². The standard InChI is InChI=1S/C13H15FN2O/c1-3-13-15-12(8-16(13)9(2)17)10-5-4-6-11(14)7-10/h4-9,17H,3H2,1-2H3. The molecule has 0 aliphatic carbocycles. The number of rotatable bonds is 3. The average molecular weight is 234 g/mol. The summed E-state index contributed by atoms with van der Waals surface area (Å²) >= 11 is 0. The molecule has 4 heteroatoms. The number of halogens is 1. The van der Waals surface area contributed by atoms with Crippen molar-refractivity contribution in [3.8, 4) is 11.3 Å². The summed E-state index contributed by atoms with van der Waals surface area (Å²) in [4.78, 5) is 4.40. The first-order chi connectivity index (χ1) is 8.11. The number of nitrogens with zero attached hydrogens (tertiary/aromatic N) is 2. The van der Waals surface area contributed by atoms with Crippen LogP contribution in [0.4, 0.5) is 4.39 Å². The average Bonchev–Trinajstić information content (AvgIpc) is 2.73. The van der Waals surface area contributed by atoms with E-state index in [-0.39, 0.29) is 5.82 Å². The molecule has 0 spiro atoms. The molecule has 2 aromatic rings. The number of aliphatic hydroxyl groups excluding tert-OH is 1. The Bertz CT molecular complexity index is 520. The van der Waals surface area contributed by atoms with Gasteiger partial charge in [0.15, 0.2) is 0 Å². The van der Waals surface area contributed by atoms with Crippen molar-refractivity contribution in [1.29, 1.82) is 0 Å². The molecule has 1 N–H and O–H groups in total. The van der Waals surface area contributed by atoms with Crippen molar-refractivity contribution in [2.75, 3.05) is 0 Å². The highest BCUT2D eigenvalue weighted by molar-refractivity contribution is 5.58. The van der Waals surface area contributed by atoms with Gasteiger partial charge < -0.3 is 9.67 Å². The fraction of sp³-hybridized carbons (Fsp3) is 0.308. The molecule has 0 bridgehead atoms. The number of hydrogen-bond donors (Lipinski definition) is 1. The summed E-state index contributed by atoms with van der Waals surface area (Å²) in [6.45, 7) is 3.65. The highest BCUT2D eigenvalue weighted by atomic mass is 19.1. The van der Waals surface area contributed by atoms with Gasteiger partial charge in [0.1, 0.15) is 17.9 Å². The van der Waals surface area contributed by atoms with Crippen LogP contribution in [0.25, 0.3) is 11.3 Å². The Morgan fingerprint density at radius 3 is 2.76 bits per heavy atom. The molecule has 1 atom stereocenters. The summed E-state index contributed by atoms with van der Waals surface area (Å²) in [5, 5.41) is 9.60. The van der Waals surface area contributed by atoms with E-state index in [4.69, 9.17) is 0 Å². The van der Waals surface area contributed by atoms with E-state index in [9.17, 15) is 9.50 Å². The minimum absolute atomic E-state index is 0.285. The number of aryl methyl sites for hydroxylation is 1. The van der Waals surface area contributed by atoms with E-state index < -0.39 is 6.23 Å². The van der Waals surface area contributed by atoms with Gasteiger partial charge in [0.05, 0.1) is 5.69 Å². The monoisotopic (exact) mass is 234 g/mol. The predicted octanol–water partition coefficient (Wildman–Crippen LogP) is 2.76. The molecule has 0 radical (unpaired) electrons. The minimum atomic E-state index is -0.625. The number of aromatic nitrogens is 2. The van der Waals surface area contributed by atoms with Crippen LogP contribution in [0.15, 0.2) is 30.5 Å². The van der Waals surface area contributed by atoms with Crippen molar-refractivity contribution in [1.82, 2.24) is 9.55 Å². The molecule has 0 saturated carbocycles. The van der Waals surface area contributed by atoms with Gasteiger partial charge in [0.2, 0.25) is 0 Å². The first-order valence-electron chi connectivity index (χ1n) is 5.63. The van der Waals surface area contributed by atoms with Crippen LogP contribution in [0, 0.1) is 5.82 Å². The van der Waals surface area contributed by atoms with Gasteiger partial charge in [-0.25, -0.2) is 9.37 Å². The molecular weight excluding hydrogens is 219 g/mol. The van der Waals surface area contributed by atoms with Gasteiger partial charge in [-0.2, -0.15) is 0 Å². The summed E-state index contributed by atoms with van der Waals surface area (Å²) in [5.74, 6) is 0.506. The van der Waals surface area contributed by atoms with Crippen molar-refractivity contribution < 1.29 is 9.50 Å². The largest absolute Gasteiger partial charge is 0.374 e. The van der Waals surface area contributed by atoms with Crippen LogP contribution in [0.2, 0.25) is 0 Å². The van der Waals surface area contributed by atoms with Gasteiger partial charge >= 0.3 is 0 Å². The van der Waals surface area contributed by atoms with Crippen molar-refractivity contribution in [3.63, 3.8) is 0 Å². The number of benzene rings is 1. The van der Waals surface area contributed by atoms with Crippen LogP contribution in [-0.2, 0) is 6.42 Å². The summed E-state index contributed by atoms with van der Waals surface area (Å²) < 4.78 is 14.8. The Hall–Kier alpha value is -1.68. The second kappa shape index (κ2) is 4.67. The van der Waals surface area contributed by atoms with Crippen LogP contribution < -0.4 is 0 Å². The fourth-order valence-corrected chi connectivity index (χ4v) is 1.80. The van der Waals surface area contributed by atoms with E-state index in [1.165, 1.54) is 12.1 Å². The third kappa shape index (κ3) is 2.36. The van der Waals surface area contributed by atoms with Gasteiger partial charge in [-0.3, -0.25) is 0 Å². The lowest BCUT2D eigenvalue weighted by Crippen LogP contribution is -2.06. The Labute approximate surface area is 99.5 Å². The van der Waals surface area contributed by atoms with E-state index >= 15 is 0 Å². The number of hydrogen-bond acceptors (Lipinski definition) is 2. The Balaban J connectivity index is 2.46. The molecule has 0 amide bonds. The highest BCUT2D eigenvalue weighted by Crippen LogP contribution is 2.21. The van der Waals surface area contributed by atoms with Crippen molar-refractivity contribution in [3.05, 3.63) is 42.1 Å².